The van der Waals surface area contributed by atoms with Gasteiger partial charge in [0.1, 0.15) is 5.75 Å². The van der Waals surface area contributed by atoms with E-state index in [4.69, 9.17) is 9.84 Å². The van der Waals surface area contributed by atoms with Gasteiger partial charge in [-0.2, -0.15) is 5.53 Å². The van der Waals surface area contributed by atoms with Crippen molar-refractivity contribution < 1.29 is 14.6 Å². The fraction of sp³-hybridized carbons (Fsp3) is 0.143. The Morgan fingerprint density at radius 3 is 2.73 bits per heavy atom. The topological polar surface area (TPSA) is 111 Å². The number of benzene rings is 1. The van der Waals surface area contributed by atoms with Crippen molar-refractivity contribution in [1.29, 1.82) is 0 Å². The smallest absolute Gasteiger partial charge is 0.327 e. The number of rotatable bonds is 3. The normalized spacial score (nSPS) is 20.2. The molecule has 0 saturated carbocycles. The van der Waals surface area contributed by atoms with Gasteiger partial charge in [-0.25, -0.2) is 15.8 Å². The zero-order chi connectivity index (χ0) is 15.4. The van der Waals surface area contributed by atoms with Crippen LogP contribution in [-0.4, -0.2) is 33.3 Å². The van der Waals surface area contributed by atoms with Crippen LogP contribution in [0.1, 0.15) is 11.4 Å². The van der Waals surface area contributed by atoms with E-state index in [9.17, 15) is 4.79 Å². The number of carbonyl (C=O) groups is 1. The Bertz CT molecular complexity index is 702. The zero-order valence-corrected chi connectivity index (χ0v) is 11.3. The van der Waals surface area contributed by atoms with E-state index in [0.717, 1.165) is 5.56 Å². The molecular formula is C14H13N5O3. The maximum absolute atomic E-state index is 11.0. The maximum atomic E-state index is 11.0. The zero-order valence-electron chi connectivity index (χ0n) is 11.3. The molecule has 2 unspecified atom stereocenters. The molecular weight excluding hydrogens is 286 g/mol. The number of aliphatic carboxylic acids is 1. The van der Waals surface area contributed by atoms with E-state index in [2.05, 4.69) is 38.2 Å². The summed E-state index contributed by atoms with van der Waals surface area (Å²) in [4.78, 5) is 17.9. The second-order valence-corrected chi connectivity index (χ2v) is 4.48. The van der Waals surface area contributed by atoms with E-state index >= 15 is 0 Å². The number of imidazole rings is 1. The molecule has 2 aromatic rings. The van der Waals surface area contributed by atoms with Crippen molar-refractivity contribution in [3.05, 3.63) is 48.0 Å². The summed E-state index contributed by atoms with van der Waals surface area (Å²) in [7, 11) is 0. The lowest BCUT2D eigenvalue weighted by Crippen LogP contribution is -2.44. The van der Waals surface area contributed by atoms with E-state index < -0.39 is 18.2 Å². The summed E-state index contributed by atoms with van der Waals surface area (Å²) in [6, 6.07) is 6.16. The largest absolute Gasteiger partial charge is 0.480 e. The van der Waals surface area contributed by atoms with Gasteiger partial charge in [0.15, 0.2) is 18.1 Å². The van der Waals surface area contributed by atoms with Gasteiger partial charge >= 0.3 is 5.97 Å². The van der Waals surface area contributed by atoms with Gasteiger partial charge in [-0.15, -0.1) is 0 Å². The van der Waals surface area contributed by atoms with E-state index in [0.29, 0.717) is 11.6 Å². The average molecular weight is 299 g/mol. The van der Waals surface area contributed by atoms with Crippen molar-refractivity contribution >= 4 is 5.97 Å². The SMILES string of the molecule is O=C(O)C1NNNC1Oc1ccc(C#Cc2ncc[nH]2)cc1. The highest BCUT2D eigenvalue weighted by molar-refractivity contribution is 5.74. The minimum absolute atomic E-state index is 0.540. The Morgan fingerprint density at radius 1 is 1.23 bits per heavy atom. The van der Waals surface area contributed by atoms with E-state index in [1.165, 1.54) is 0 Å². The molecule has 1 aromatic heterocycles. The second-order valence-electron chi connectivity index (χ2n) is 4.48. The molecule has 1 aliphatic rings. The highest BCUT2D eigenvalue weighted by Gasteiger charge is 2.34. The van der Waals surface area contributed by atoms with Gasteiger partial charge < -0.3 is 14.8 Å². The summed E-state index contributed by atoms with van der Waals surface area (Å²) in [5.74, 6) is 5.97. The van der Waals surface area contributed by atoms with Crippen LogP contribution >= 0.6 is 0 Å². The Balaban J connectivity index is 1.65. The molecule has 0 amide bonds. The van der Waals surface area contributed by atoms with Crippen LogP contribution in [0.5, 0.6) is 5.75 Å². The molecule has 1 aromatic carbocycles. The number of ether oxygens (including phenoxy) is 1. The second kappa shape index (κ2) is 6.28. The van der Waals surface area contributed by atoms with Gasteiger partial charge in [-0.3, -0.25) is 4.79 Å². The summed E-state index contributed by atoms with van der Waals surface area (Å²) >= 11 is 0. The van der Waals surface area contributed by atoms with E-state index in [-0.39, 0.29) is 0 Å². The molecule has 3 rings (SSSR count). The molecule has 1 fully saturated rings. The standard InChI is InChI=1S/C14H13N5O3/c20-14(21)12-13(18-19-17-12)22-10-4-1-9(2-5-10)3-6-11-15-7-8-16-11/h1-2,4-5,7-8,12-13,17-19H,(H,15,16)(H,20,21). The molecule has 2 atom stereocenters. The number of carboxylic acid groups (broad SMARTS) is 1. The van der Waals surface area contributed by atoms with Crippen LogP contribution in [0.3, 0.4) is 0 Å². The van der Waals surface area contributed by atoms with Crippen LogP contribution in [0.15, 0.2) is 36.7 Å². The van der Waals surface area contributed by atoms with Gasteiger partial charge in [0.05, 0.1) is 0 Å². The van der Waals surface area contributed by atoms with Crippen LogP contribution < -0.4 is 21.1 Å². The van der Waals surface area contributed by atoms with Gasteiger partial charge in [-0.05, 0) is 30.2 Å². The highest BCUT2D eigenvalue weighted by Crippen LogP contribution is 2.14. The van der Waals surface area contributed by atoms with Crippen LogP contribution in [0, 0.1) is 11.8 Å². The average Bonchev–Trinajstić information content (AvgIpc) is 3.17. The number of nitrogens with zero attached hydrogens (tertiary/aromatic N) is 1. The number of hydrogen-bond donors (Lipinski definition) is 5. The predicted octanol–water partition coefficient (Wildman–Crippen LogP) is -0.420. The molecule has 0 radical (unpaired) electrons. The minimum Gasteiger partial charge on any atom is -0.480 e. The van der Waals surface area contributed by atoms with Crippen molar-refractivity contribution in [3.63, 3.8) is 0 Å². The fourth-order valence-corrected chi connectivity index (χ4v) is 1.87. The summed E-state index contributed by atoms with van der Waals surface area (Å²) in [6.07, 6.45) is 2.63. The van der Waals surface area contributed by atoms with Crippen molar-refractivity contribution in [2.75, 3.05) is 0 Å². The molecule has 22 heavy (non-hydrogen) atoms. The van der Waals surface area contributed by atoms with Crippen molar-refractivity contribution in [3.8, 4) is 17.6 Å². The number of aromatic amines is 1. The molecule has 5 N–H and O–H groups in total. The Labute approximate surface area is 125 Å². The van der Waals surface area contributed by atoms with Crippen molar-refractivity contribution in [1.82, 2.24) is 26.4 Å². The van der Waals surface area contributed by atoms with Crippen LogP contribution in [0.25, 0.3) is 0 Å². The molecule has 112 valence electrons. The molecule has 0 aliphatic carbocycles. The molecule has 1 aliphatic heterocycles. The molecule has 8 heteroatoms. The quantitative estimate of drug-likeness (QED) is 0.489. The molecule has 2 heterocycles. The Hall–Kier alpha value is -2.86. The third-order valence-electron chi connectivity index (χ3n) is 2.95. The third-order valence-corrected chi connectivity index (χ3v) is 2.95. The lowest BCUT2D eigenvalue weighted by Gasteiger charge is -2.16. The first-order chi connectivity index (χ1) is 10.7. The lowest BCUT2D eigenvalue weighted by atomic mass is 10.2. The number of H-pyrrole nitrogens is 1. The van der Waals surface area contributed by atoms with E-state index in [1.807, 2.05) is 0 Å². The van der Waals surface area contributed by atoms with Crippen LogP contribution in [0.2, 0.25) is 0 Å². The summed E-state index contributed by atoms with van der Waals surface area (Å²) < 4.78 is 5.57. The first kappa shape index (κ1) is 14.1. The number of aromatic nitrogens is 2. The summed E-state index contributed by atoms with van der Waals surface area (Å²) in [5, 5.41) is 9.02. The number of nitrogens with one attached hydrogen (secondary N) is 4. The highest BCUT2D eigenvalue weighted by atomic mass is 16.5. The first-order valence-electron chi connectivity index (χ1n) is 6.49. The van der Waals surface area contributed by atoms with Crippen molar-refractivity contribution in [2.45, 2.75) is 12.3 Å². The molecule has 1 saturated heterocycles. The number of hydrazine groups is 2. The fourth-order valence-electron chi connectivity index (χ4n) is 1.87. The van der Waals surface area contributed by atoms with Gasteiger partial charge in [0, 0.05) is 18.0 Å². The summed E-state index contributed by atoms with van der Waals surface area (Å²) in [6.45, 7) is 0. The maximum Gasteiger partial charge on any atom is 0.327 e. The van der Waals surface area contributed by atoms with Crippen LogP contribution in [-0.2, 0) is 4.79 Å². The minimum atomic E-state index is -1.01. The van der Waals surface area contributed by atoms with E-state index in [1.54, 1.807) is 36.7 Å². The van der Waals surface area contributed by atoms with Gasteiger partial charge in [0.2, 0.25) is 0 Å². The number of carboxylic acids is 1. The Morgan fingerprint density at radius 2 is 2.05 bits per heavy atom. The molecule has 0 spiro atoms. The predicted molar refractivity (Wildman–Crippen MR) is 76.3 cm³/mol. The number of hydrogen-bond acceptors (Lipinski definition) is 6. The first-order valence-corrected chi connectivity index (χ1v) is 6.49. The van der Waals surface area contributed by atoms with Gasteiger partial charge in [-0.1, -0.05) is 5.92 Å². The Kier molecular flexibility index (Phi) is 4.02. The van der Waals surface area contributed by atoms with Crippen LogP contribution in [0.4, 0.5) is 0 Å². The summed E-state index contributed by atoms with van der Waals surface area (Å²) in [5.41, 5.74) is 8.58. The van der Waals surface area contributed by atoms with Gasteiger partial charge in [0.25, 0.3) is 0 Å². The monoisotopic (exact) mass is 299 g/mol. The molecule has 0 bridgehead atoms. The lowest BCUT2D eigenvalue weighted by molar-refractivity contribution is -0.141. The third kappa shape index (κ3) is 3.24. The van der Waals surface area contributed by atoms with Crippen molar-refractivity contribution in [2.24, 2.45) is 0 Å². The molecule has 8 nitrogen and oxygen atoms in total.